The van der Waals surface area contributed by atoms with Crippen LogP contribution in [0, 0.1) is 0 Å². The van der Waals surface area contributed by atoms with Gasteiger partial charge in [-0.3, -0.25) is 0 Å². The summed E-state index contributed by atoms with van der Waals surface area (Å²) in [5.41, 5.74) is 0.742. The molecule has 0 aliphatic rings. The van der Waals surface area contributed by atoms with E-state index in [0.717, 1.165) is 0 Å². The second-order valence-corrected chi connectivity index (χ2v) is 8.12. The van der Waals surface area contributed by atoms with E-state index in [4.69, 9.17) is 32.8 Å². The minimum absolute atomic E-state index is 0.0275. The maximum absolute atomic E-state index is 11.5. The van der Waals surface area contributed by atoms with Crippen molar-refractivity contribution in [1.29, 1.82) is 0 Å². The van der Waals surface area contributed by atoms with Gasteiger partial charge in [-0.15, -0.1) is 10.2 Å². The number of hydrogen-bond acceptors (Lipinski definition) is 6. The summed E-state index contributed by atoms with van der Waals surface area (Å²) in [6, 6.07) is 6.99. The van der Waals surface area contributed by atoms with Gasteiger partial charge in [0.15, 0.2) is 5.75 Å². The lowest BCUT2D eigenvalue weighted by Crippen LogP contribution is -2.12. The summed E-state index contributed by atoms with van der Waals surface area (Å²) in [6.07, 6.45) is 0. The average Bonchev–Trinajstić information content (AvgIpc) is 3.01. The van der Waals surface area contributed by atoms with Crippen molar-refractivity contribution in [1.82, 2.24) is 10.2 Å². The topological polar surface area (TPSA) is 119 Å². The maximum Gasteiger partial charge on any atom is 0.249 e. The number of primary sulfonamides is 1. The van der Waals surface area contributed by atoms with Crippen molar-refractivity contribution in [3.63, 3.8) is 0 Å². The summed E-state index contributed by atoms with van der Waals surface area (Å²) in [6.45, 7) is 0. The fourth-order valence-corrected chi connectivity index (χ4v) is 3.43. The Morgan fingerprint density at radius 1 is 1.08 bits per heavy atom. The van der Waals surface area contributed by atoms with Crippen LogP contribution in [0.25, 0.3) is 22.9 Å². The zero-order valence-electron chi connectivity index (χ0n) is 12.1. The number of nitrogens with two attached hydrogens (primary N) is 1. The van der Waals surface area contributed by atoms with Crippen LogP contribution in [0.4, 0.5) is 0 Å². The normalized spacial score (nSPS) is 11.7. The number of sulfonamides is 1. The molecule has 25 heavy (non-hydrogen) atoms. The zero-order chi connectivity index (χ0) is 18.4. The number of aromatic nitrogens is 2. The fourth-order valence-electron chi connectivity index (χ4n) is 1.98. The highest BCUT2D eigenvalue weighted by atomic mass is 79.9. The van der Waals surface area contributed by atoms with E-state index in [2.05, 4.69) is 26.1 Å². The van der Waals surface area contributed by atoms with Crippen LogP contribution in [0.15, 0.2) is 44.1 Å². The molecule has 0 atom stereocenters. The van der Waals surface area contributed by atoms with Crippen molar-refractivity contribution in [2.75, 3.05) is 0 Å². The van der Waals surface area contributed by atoms with Crippen LogP contribution in [0.5, 0.6) is 5.75 Å². The first-order valence-electron chi connectivity index (χ1n) is 6.51. The lowest BCUT2D eigenvalue weighted by atomic mass is 10.2. The molecule has 11 heteroatoms. The van der Waals surface area contributed by atoms with Crippen molar-refractivity contribution >= 4 is 49.2 Å². The third-order valence-corrected chi connectivity index (χ3v) is 5.36. The summed E-state index contributed by atoms with van der Waals surface area (Å²) in [5, 5.41) is 22.6. The molecule has 0 bridgehead atoms. The van der Waals surface area contributed by atoms with Gasteiger partial charge >= 0.3 is 0 Å². The third-order valence-electron chi connectivity index (χ3n) is 3.19. The number of rotatable bonds is 3. The van der Waals surface area contributed by atoms with Crippen LogP contribution in [-0.4, -0.2) is 23.7 Å². The van der Waals surface area contributed by atoms with Crippen LogP contribution < -0.4 is 5.14 Å². The number of benzene rings is 2. The molecule has 3 rings (SSSR count). The van der Waals surface area contributed by atoms with Gasteiger partial charge in [-0.05, 0) is 46.3 Å². The first-order chi connectivity index (χ1) is 11.7. The highest BCUT2D eigenvalue weighted by Gasteiger charge is 2.18. The summed E-state index contributed by atoms with van der Waals surface area (Å²) in [5.74, 6) is -0.102. The summed E-state index contributed by atoms with van der Waals surface area (Å²) in [7, 11) is -3.88. The van der Waals surface area contributed by atoms with Crippen LogP contribution in [-0.2, 0) is 10.0 Å². The lowest BCUT2D eigenvalue weighted by Gasteiger charge is -2.03. The minimum Gasteiger partial charge on any atom is -0.505 e. The highest BCUT2D eigenvalue weighted by molar-refractivity contribution is 9.10. The number of nitrogens with zero attached hydrogens (tertiary/aromatic N) is 2. The van der Waals surface area contributed by atoms with Gasteiger partial charge < -0.3 is 9.52 Å². The van der Waals surface area contributed by atoms with E-state index in [1.807, 2.05) is 0 Å². The van der Waals surface area contributed by atoms with Gasteiger partial charge in [-0.2, -0.15) is 0 Å². The Morgan fingerprint density at radius 2 is 1.68 bits per heavy atom. The fraction of sp³-hybridized carbons (Fsp3) is 0. The largest absolute Gasteiger partial charge is 0.505 e. The molecule has 2 aromatic carbocycles. The van der Waals surface area contributed by atoms with Gasteiger partial charge in [-0.25, -0.2) is 13.6 Å². The predicted octanol–water partition coefficient (Wildman–Crippen LogP) is 3.83. The maximum atomic E-state index is 11.5. The molecule has 0 radical (unpaired) electrons. The summed E-state index contributed by atoms with van der Waals surface area (Å²) >= 11 is 15.0. The lowest BCUT2D eigenvalue weighted by molar-refractivity contribution is 0.476. The number of phenols is 1. The Kier molecular flexibility index (Phi) is 4.78. The first kappa shape index (κ1) is 18.2. The first-order valence-corrected chi connectivity index (χ1v) is 9.61. The molecule has 0 unspecified atom stereocenters. The second-order valence-electron chi connectivity index (χ2n) is 4.89. The molecule has 130 valence electrons. The molecule has 0 aliphatic carbocycles. The van der Waals surface area contributed by atoms with E-state index in [0.29, 0.717) is 15.6 Å². The zero-order valence-corrected chi connectivity index (χ0v) is 16.0. The number of halogens is 3. The van der Waals surface area contributed by atoms with E-state index < -0.39 is 10.0 Å². The Labute approximate surface area is 160 Å². The van der Waals surface area contributed by atoms with Gasteiger partial charge in [0.1, 0.15) is 0 Å². The molecule has 0 saturated carbocycles. The predicted molar refractivity (Wildman–Crippen MR) is 95.9 cm³/mol. The van der Waals surface area contributed by atoms with Crippen LogP contribution in [0.3, 0.4) is 0 Å². The molecule has 0 saturated heterocycles. The van der Waals surface area contributed by atoms with Gasteiger partial charge in [0, 0.05) is 10.0 Å². The molecular weight excluding hydrogens is 457 g/mol. The SMILES string of the molecule is NS(=O)(=O)c1ccc(Br)c(-c2nnc(-c3cc(Cl)c(O)c(Cl)c3)o2)c1. The van der Waals surface area contributed by atoms with E-state index >= 15 is 0 Å². The minimum atomic E-state index is -3.88. The van der Waals surface area contributed by atoms with Crippen molar-refractivity contribution in [2.45, 2.75) is 4.90 Å². The van der Waals surface area contributed by atoms with Crippen molar-refractivity contribution in [3.8, 4) is 28.7 Å². The molecule has 3 aromatic rings. The Balaban J connectivity index is 2.08. The third kappa shape index (κ3) is 3.65. The molecule has 7 nitrogen and oxygen atoms in total. The molecule has 0 aliphatic heterocycles. The van der Waals surface area contributed by atoms with E-state index in [1.54, 1.807) is 0 Å². The van der Waals surface area contributed by atoms with Gasteiger partial charge in [0.25, 0.3) is 0 Å². The molecule has 1 heterocycles. The quantitative estimate of drug-likeness (QED) is 0.607. The van der Waals surface area contributed by atoms with Gasteiger partial charge in [0.05, 0.1) is 20.5 Å². The van der Waals surface area contributed by atoms with Crippen molar-refractivity contribution in [3.05, 3.63) is 44.8 Å². The van der Waals surface area contributed by atoms with Crippen molar-refractivity contribution < 1.29 is 17.9 Å². The molecular formula is C14H8BrCl2N3O4S. The Bertz CT molecular complexity index is 1060. The molecule has 0 amide bonds. The van der Waals surface area contributed by atoms with E-state index in [9.17, 15) is 13.5 Å². The summed E-state index contributed by atoms with van der Waals surface area (Å²) < 4.78 is 29.1. The van der Waals surface area contributed by atoms with Crippen LogP contribution in [0.2, 0.25) is 10.0 Å². The smallest absolute Gasteiger partial charge is 0.249 e. The molecule has 3 N–H and O–H groups in total. The van der Waals surface area contributed by atoms with Gasteiger partial charge in [-0.1, -0.05) is 23.2 Å². The van der Waals surface area contributed by atoms with E-state index in [1.165, 1.54) is 30.3 Å². The Morgan fingerprint density at radius 3 is 2.28 bits per heavy atom. The molecule has 0 fully saturated rings. The number of aromatic hydroxyl groups is 1. The van der Waals surface area contributed by atoms with Crippen molar-refractivity contribution in [2.24, 2.45) is 5.14 Å². The van der Waals surface area contributed by atoms with Crippen LogP contribution >= 0.6 is 39.1 Å². The molecule has 1 aromatic heterocycles. The summed E-state index contributed by atoms with van der Waals surface area (Å²) in [4.78, 5) is -0.0961. The standard InChI is InChI=1S/C14H8BrCl2N3O4S/c15-9-2-1-7(25(18,22)23)5-8(9)14-20-19-13(24-14)6-3-10(16)12(21)11(17)4-6/h1-5,21H,(H2,18,22,23). The Hall–Kier alpha value is -1.65. The number of hydrogen-bond donors (Lipinski definition) is 2. The number of phenolic OH excluding ortho intramolecular Hbond substituents is 1. The second kappa shape index (κ2) is 6.58. The van der Waals surface area contributed by atoms with Crippen LogP contribution in [0.1, 0.15) is 0 Å². The van der Waals surface area contributed by atoms with E-state index in [-0.39, 0.29) is 32.5 Å². The molecule has 0 spiro atoms. The van der Waals surface area contributed by atoms with Gasteiger partial charge in [0.2, 0.25) is 21.8 Å². The average molecular weight is 465 g/mol. The highest BCUT2D eigenvalue weighted by Crippen LogP contribution is 2.37. The monoisotopic (exact) mass is 463 g/mol.